The summed E-state index contributed by atoms with van der Waals surface area (Å²) in [6, 6.07) is 2.26. The van der Waals surface area contributed by atoms with Crippen molar-refractivity contribution in [2.75, 3.05) is 18.4 Å². The highest BCUT2D eigenvalue weighted by molar-refractivity contribution is 6.02. The molecule has 3 aromatic heterocycles. The van der Waals surface area contributed by atoms with Crippen LogP contribution >= 0.6 is 0 Å². The molecule has 1 fully saturated rings. The Morgan fingerprint density at radius 3 is 2.57 bits per heavy atom. The van der Waals surface area contributed by atoms with Crippen molar-refractivity contribution in [2.45, 2.75) is 65.1 Å². The second kappa shape index (κ2) is 9.33. The zero-order valence-corrected chi connectivity index (χ0v) is 21.0. The molecule has 10 heteroatoms. The molecule has 2 atom stereocenters. The zero-order valence-electron chi connectivity index (χ0n) is 21.0. The van der Waals surface area contributed by atoms with Crippen molar-refractivity contribution in [3.8, 4) is 11.1 Å². The van der Waals surface area contributed by atoms with Gasteiger partial charge < -0.3 is 21.1 Å². The van der Waals surface area contributed by atoms with Crippen LogP contribution in [0.5, 0.6) is 0 Å². The Morgan fingerprint density at radius 1 is 1.23 bits per heavy atom. The normalized spacial score (nSPS) is 18.9. The maximum Gasteiger partial charge on any atom is 0.253 e. The number of rotatable bonds is 7. The molecule has 0 aromatic carbocycles. The molecule has 4 heterocycles. The first-order valence-electron chi connectivity index (χ1n) is 12.1. The molecule has 0 radical (unpaired) electrons. The number of aromatic nitrogens is 4. The van der Waals surface area contributed by atoms with Gasteiger partial charge in [-0.15, -0.1) is 0 Å². The minimum absolute atomic E-state index is 0.0252. The van der Waals surface area contributed by atoms with Crippen molar-refractivity contribution in [2.24, 2.45) is 11.7 Å². The van der Waals surface area contributed by atoms with Gasteiger partial charge in [0.2, 0.25) is 0 Å². The van der Waals surface area contributed by atoms with Crippen LogP contribution in [0.1, 0.15) is 63.9 Å². The molecule has 1 aliphatic heterocycles. The van der Waals surface area contributed by atoms with Crippen LogP contribution in [-0.4, -0.2) is 65.9 Å². The first-order chi connectivity index (χ1) is 16.5. The third-order valence-corrected chi connectivity index (χ3v) is 6.77. The summed E-state index contributed by atoms with van der Waals surface area (Å²) >= 11 is 0. The van der Waals surface area contributed by atoms with Gasteiger partial charge in [-0.3, -0.25) is 14.3 Å². The number of piperidine rings is 1. The van der Waals surface area contributed by atoms with E-state index in [4.69, 9.17) is 5.73 Å². The van der Waals surface area contributed by atoms with Crippen molar-refractivity contribution < 1.29 is 14.7 Å². The van der Waals surface area contributed by atoms with Crippen molar-refractivity contribution in [1.29, 1.82) is 0 Å². The molecule has 1 aliphatic rings. The fourth-order valence-corrected chi connectivity index (χ4v) is 4.72. The molecular weight excluding hydrogens is 446 g/mol. The van der Waals surface area contributed by atoms with Crippen LogP contribution in [-0.2, 0) is 4.79 Å². The summed E-state index contributed by atoms with van der Waals surface area (Å²) in [5.41, 5.74) is 7.93. The van der Waals surface area contributed by atoms with E-state index in [1.54, 1.807) is 9.42 Å². The van der Waals surface area contributed by atoms with E-state index in [1.165, 1.54) is 20.0 Å². The van der Waals surface area contributed by atoms with Crippen LogP contribution in [0.4, 0.5) is 5.69 Å². The van der Waals surface area contributed by atoms with Crippen LogP contribution in [0.3, 0.4) is 0 Å². The van der Waals surface area contributed by atoms with E-state index in [9.17, 15) is 14.7 Å². The molecule has 0 aliphatic carbocycles. The van der Waals surface area contributed by atoms with Gasteiger partial charge in [-0.2, -0.15) is 10.2 Å². The highest BCUT2D eigenvalue weighted by atomic mass is 16.3. The third-order valence-electron chi connectivity index (χ3n) is 6.77. The summed E-state index contributed by atoms with van der Waals surface area (Å²) in [6.07, 6.45) is 8.73. The van der Waals surface area contributed by atoms with E-state index < -0.39 is 11.5 Å². The van der Waals surface area contributed by atoms with Gasteiger partial charge in [-0.05, 0) is 52.5 Å². The van der Waals surface area contributed by atoms with Crippen LogP contribution < -0.4 is 11.1 Å². The number of aliphatic hydroxyl groups is 1. The summed E-state index contributed by atoms with van der Waals surface area (Å²) in [7, 11) is 0. The third kappa shape index (κ3) is 4.88. The number of primary amides is 1. The van der Waals surface area contributed by atoms with Crippen LogP contribution in [0.15, 0.2) is 30.9 Å². The largest absolute Gasteiger partial charge is 0.381 e. The van der Waals surface area contributed by atoms with E-state index in [0.717, 1.165) is 23.1 Å². The number of carbonyl (C=O) groups is 2. The average Bonchev–Trinajstić information content (AvgIpc) is 3.45. The smallest absolute Gasteiger partial charge is 0.253 e. The van der Waals surface area contributed by atoms with E-state index in [-0.39, 0.29) is 23.9 Å². The zero-order chi connectivity index (χ0) is 25.5. The summed E-state index contributed by atoms with van der Waals surface area (Å²) < 4.78 is 3.64. The fourth-order valence-electron chi connectivity index (χ4n) is 4.72. The minimum Gasteiger partial charge on any atom is -0.381 e. The molecule has 10 nitrogen and oxygen atoms in total. The second-order valence-electron chi connectivity index (χ2n) is 10.2. The van der Waals surface area contributed by atoms with Gasteiger partial charge in [-0.25, -0.2) is 4.52 Å². The van der Waals surface area contributed by atoms with Crippen LogP contribution in [0.2, 0.25) is 0 Å². The van der Waals surface area contributed by atoms with Crippen molar-refractivity contribution in [3.63, 3.8) is 0 Å². The monoisotopic (exact) mass is 481 g/mol. The van der Waals surface area contributed by atoms with E-state index in [2.05, 4.69) is 36.3 Å². The SMILES string of the molecule is CC[C@H]1CN(C(=O)C(C)(C)O)CC[C@H]1Nc1c(C(N)=O)cnn2cc(-c3cnn(C(C)C)c3)cc12. The number of nitrogens with one attached hydrogen (secondary N) is 1. The van der Waals surface area contributed by atoms with E-state index >= 15 is 0 Å². The number of amides is 2. The Balaban J connectivity index is 1.67. The molecule has 0 unspecified atom stereocenters. The number of fused-ring (bicyclic) bond motifs is 1. The lowest BCUT2D eigenvalue weighted by molar-refractivity contribution is -0.149. The van der Waals surface area contributed by atoms with Gasteiger partial charge in [0.25, 0.3) is 11.8 Å². The summed E-state index contributed by atoms with van der Waals surface area (Å²) in [5, 5.41) is 22.6. The Kier molecular flexibility index (Phi) is 6.59. The van der Waals surface area contributed by atoms with Crippen molar-refractivity contribution in [3.05, 3.63) is 36.4 Å². The first kappa shape index (κ1) is 24.7. The standard InChI is InChI=1S/C25H35N7O3/c1-6-16-12-30(24(34)25(4,5)35)8-7-20(16)29-22-19(23(26)33)11-28-32-13-17(9-21(22)32)18-10-27-31(14-18)15(2)3/h9-11,13-16,20,29,35H,6-8,12H2,1-5H3,(H2,26,33)/t16-,20+/m0/s1. The lowest BCUT2D eigenvalue weighted by Crippen LogP contribution is -2.53. The number of hydrogen-bond donors (Lipinski definition) is 3. The highest BCUT2D eigenvalue weighted by Gasteiger charge is 2.36. The van der Waals surface area contributed by atoms with E-state index in [0.29, 0.717) is 30.8 Å². The molecule has 0 spiro atoms. The molecular formula is C25H35N7O3. The van der Waals surface area contributed by atoms with E-state index in [1.807, 2.05) is 29.3 Å². The van der Waals surface area contributed by atoms with Gasteiger partial charge in [0.1, 0.15) is 5.60 Å². The van der Waals surface area contributed by atoms with Crippen molar-refractivity contribution in [1.82, 2.24) is 24.3 Å². The van der Waals surface area contributed by atoms with Gasteiger partial charge in [0, 0.05) is 48.7 Å². The molecule has 3 aromatic rings. The quantitative estimate of drug-likeness (QED) is 0.476. The lowest BCUT2D eigenvalue weighted by Gasteiger charge is -2.41. The van der Waals surface area contributed by atoms with Gasteiger partial charge in [0.15, 0.2) is 0 Å². The Hall–Kier alpha value is -3.40. The van der Waals surface area contributed by atoms with Crippen LogP contribution in [0.25, 0.3) is 16.6 Å². The molecule has 0 saturated carbocycles. The molecule has 188 valence electrons. The Bertz CT molecular complexity index is 1240. The summed E-state index contributed by atoms with van der Waals surface area (Å²) in [4.78, 5) is 26.7. The maximum absolute atomic E-state index is 12.6. The number of hydrogen-bond acceptors (Lipinski definition) is 6. The number of likely N-dealkylation sites (tertiary alicyclic amines) is 1. The van der Waals surface area contributed by atoms with Crippen LogP contribution in [0, 0.1) is 5.92 Å². The number of carbonyl (C=O) groups excluding carboxylic acids is 2. The van der Waals surface area contributed by atoms with Gasteiger partial charge >= 0.3 is 0 Å². The molecule has 0 bridgehead atoms. The summed E-state index contributed by atoms with van der Waals surface area (Å²) in [6.45, 7) is 10.3. The fraction of sp³-hybridized carbons (Fsp3) is 0.520. The first-order valence-corrected chi connectivity index (χ1v) is 12.1. The number of nitrogens with zero attached hydrogens (tertiary/aromatic N) is 5. The molecule has 2 amide bonds. The van der Waals surface area contributed by atoms with Gasteiger partial charge in [0.05, 0.1) is 29.2 Å². The predicted octanol–water partition coefficient (Wildman–Crippen LogP) is 2.69. The topological polar surface area (TPSA) is 131 Å². The Labute approximate surface area is 205 Å². The minimum atomic E-state index is -1.40. The maximum atomic E-state index is 12.6. The lowest BCUT2D eigenvalue weighted by atomic mass is 9.88. The Morgan fingerprint density at radius 2 is 1.97 bits per heavy atom. The molecule has 4 rings (SSSR count). The number of nitrogens with two attached hydrogens (primary N) is 1. The molecule has 4 N–H and O–H groups in total. The average molecular weight is 482 g/mol. The molecule has 35 heavy (non-hydrogen) atoms. The summed E-state index contributed by atoms with van der Waals surface area (Å²) in [5.74, 6) is -0.681. The van der Waals surface area contributed by atoms with Crippen molar-refractivity contribution >= 4 is 23.0 Å². The molecule has 1 saturated heterocycles. The second-order valence-corrected chi connectivity index (χ2v) is 10.2. The highest BCUT2D eigenvalue weighted by Crippen LogP contribution is 2.32. The van der Waals surface area contributed by atoms with Gasteiger partial charge in [-0.1, -0.05) is 6.92 Å². The number of anilines is 1. The predicted molar refractivity (Wildman–Crippen MR) is 134 cm³/mol.